The summed E-state index contributed by atoms with van der Waals surface area (Å²) in [4.78, 5) is 0. The second kappa shape index (κ2) is 3.81. The third kappa shape index (κ3) is 1.58. The first-order valence-electron chi connectivity index (χ1n) is 6.78. The molecule has 3 aliphatic carbocycles. The molecule has 82 valence electrons. The molecule has 2 unspecified atom stereocenters. The van der Waals surface area contributed by atoms with Crippen molar-refractivity contribution < 1.29 is 0 Å². The number of hydrogen-bond donors (Lipinski definition) is 0. The van der Waals surface area contributed by atoms with E-state index in [1.807, 2.05) is 0 Å². The van der Waals surface area contributed by atoms with Crippen molar-refractivity contribution in [1.82, 2.24) is 0 Å². The summed E-state index contributed by atoms with van der Waals surface area (Å²) in [6.45, 7) is 2.31. The van der Waals surface area contributed by atoms with E-state index >= 15 is 0 Å². The molecule has 0 saturated heterocycles. The smallest absolute Gasteiger partial charge is 0.0134 e. The van der Waals surface area contributed by atoms with Gasteiger partial charge in [-0.2, -0.15) is 0 Å². The lowest BCUT2D eigenvalue weighted by Crippen LogP contribution is -2.32. The summed E-state index contributed by atoms with van der Waals surface area (Å²) in [6.07, 6.45) is 15.0. The van der Waals surface area contributed by atoms with E-state index in [1.165, 1.54) is 44.9 Å². The Kier molecular flexibility index (Phi) is 2.46. The van der Waals surface area contributed by atoms with Gasteiger partial charge in [0.1, 0.15) is 0 Å². The standard InChI is InChI=1S/C15H22/c1-2-12-6-7-13(10-11-4-3-5-11)15-9-8-14(12)15/h6-7,11,14-15H,2-5,8-10H2,1H3. The van der Waals surface area contributed by atoms with Crippen LogP contribution >= 0.6 is 0 Å². The zero-order chi connectivity index (χ0) is 10.3. The summed E-state index contributed by atoms with van der Waals surface area (Å²) in [5.41, 5.74) is 3.52. The molecule has 0 aliphatic heterocycles. The summed E-state index contributed by atoms with van der Waals surface area (Å²) in [6, 6.07) is 0. The van der Waals surface area contributed by atoms with Crippen LogP contribution in [0.2, 0.25) is 0 Å². The Morgan fingerprint density at radius 2 is 1.67 bits per heavy atom. The topological polar surface area (TPSA) is 0 Å². The molecule has 2 fully saturated rings. The van der Waals surface area contributed by atoms with Gasteiger partial charge in [0.05, 0.1) is 0 Å². The molecule has 15 heavy (non-hydrogen) atoms. The molecule has 2 saturated carbocycles. The molecule has 0 spiro atoms. The van der Waals surface area contributed by atoms with Crippen molar-refractivity contribution in [3.05, 3.63) is 23.3 Å². The average Bonchev–Trinajstić information content (AvgIpc) is 2.13. The predicted octanol–water partition coefficient (Wildman–Crippen LogP) is 4.48. The van der Waals surface area contributed by atoms with Crippen molar-refractivity contribution in [2.75, 3.05) is 0 Å². The minimum atomic E-state index is 0.954. The second-order valence-corrected chi connectivity index (χ2v) is 5.63. The Balaban J connectivity index is 1.71. The van der Waals surface area contributed by atoms with Crippen LogP contribution in [0.1, 0.15) is 51.9 Å². The van der Waals surface area contributed by atoms with E-state index in [1.54, 1.807) is 11.1 Å². The maximum absolute atomic E-state index is 2.47. The summed E-state index contributed by atoms with van der Waals surface area (Å²) < 4.78 is 0. The first kappa shape index (κ1) is 9.69. The van der Waals surface area contributed by atoms with E-state index in [2.05, 4.69) is 19.1 Å². The van der Waals surface area contributed by atoms with Gasteiger partial charge in [0, 0.05) is 0 Å². The van der Waals surface area contributed by atoms with Crippen molar-refractivity contribution >= 4 is 0 Å². The minimum absolute atomic E-state index is 0.954. The quantitative estimate of drug-likeness (QED) is 0.633. The number of rotatable bonds is 3. The van der Waals surface area contributed by atoms with Crippen LogP contribution < -0.4 is 0 Å². The molecular weight excluding hydrogens is 180 g/mol. The van der Waals surface area contributed by atoms with Gasteiger partial charge in [0.15, 0.2) is 0 Å². The van der Waals surface area contributed by atoms with E-state index in [0.29, 0.717) is 0 Å². The molecule has 0 radical (unpaired) electrons. The molecule has 0 bridgehead atoms. The van der Waals surface area contributed by atoms with Gasteiger partial charge in [0.25, 0.3) is 0 Å². The van der Waals surface area contributed by atoms with Crippen LogP contribution in [-0.4, -0.2) is 0 Å². The molecule has 3 aliphatic rings. The molecule has 0 aromatic heterocycles. The molecule has 2 atom stereocenters. The zero-order valence-electron chi connectivity index (χ0n) is 9.84. The Morgan fingerprint density at radius 1 is 1.00 bits per heavy atom. The largest absolute Gasteiger partial charge is 0.0668 e. The first-order chi connectivity index (χ1) is 7.38. The molecule has 3 rings (SSSR count). The van der Waals surface area contributed by atoms with Crippen LogP contribution in [0, 0.1) is 17.8 Å². The molecular formula is C15H22. The lowest BCUT2D eigenvalue weighted by atomic mass is 9.61. The Bertz CT molecular complexity index is 304. The molecule has 0 N–H and O–H groups in total. The molecule has 0 aromatic carbocycles. The second-order valence-electron chi connectivity index (χ2n) is 5.63. The zero-order valence-corrected chi connectivity index (χ0v) is 9.84. The third-order valence-electron chi connectivity index (χ3n) is 4.90. The third-order valence-corrected chi connectivity index (χ3v) is 4.90. The van der Waals surface area contributed by atoms with Gasteiger partial charge >= 0.3 is 0 Å². The highest BCUT2D eigenvalue weighted by molar-refractivity contribution is 5.32. The van der Waals surface area contributed by atoms with E-state index < -0.39 is 0 Å². The number of fused-ring (bicyclic) bond motifs is 1. The minimum Gasteiger partial charge on any atom is -0.0668 e. The van der Waals surface area contributed by atoms with E-state index in [4.69, 9.17) is 0 Å². The predicted molar refractivity (Wildman–Crippen MR) is 64.6 cm³/mol. The van der Waals surface area contributed by atoms with Gasteiger partial charge in [-0.05, 0) is 43.4 Å². The normalized spacial score (nSPS) is 34.7. The maximum Gasteiger partial charge on any atom is -0.0134 e. The van der Waals surface area contributed by atoms with Crippen LogP contribution in [0.4, 0.5) is 0 Å². The number of hydrogen-bond acceptors (Lipinski definition) is 0. The highest BCUT2D eigenvalue weighted by Gasteiger charge is 2.37. The van der Waals surface area contributed by atoms with Crippen LogP contribution in [0.25, 0.3) is 0 Å². The van der Waals surface area contributed by atoms with E-state index in [0.717, 1.165) is 17.8 Å². The summed E-state index contributed by atoms with van der Waals surface area (Å²) in [5, 5.41) is 0. The van der Waals surface area contributed by atoms with Gasteiger partial charge in [-0.3, -0.25) is 0 Å². The van der Waals surface area contributed by atoms with Crippen LogP contribution in [0.3, 0.4) is 0 Å². The van der Waals surface area contributed by atoms with Gasteiger partial charge < -0.3 is 0 Å². The molecule has 0 amide bonds. The summed E-state index contributed by atoms with van der Waals surface area (Å²) >= 11 is 0. The fraction of sp³-hybridized carbons (Fsp3) is 0.733. The lowest BCUT2D eigenvalue weighted by Gasteiger charge is -2.44. The molecule has 0 heterocycles. The summed E-state index contributed by atoms with van der Waals surface area (Å²) in [5.74, 6) is 2.97. The Hall–Kier alpha value is -0.520. The fourth-order valence-corrected chi connectivity index (χ4v) is 3.48. The van der Waals surface area contributed by atoms with Crippen molar-refractivity contribution in [3.8, 4) is 0 Å². The lowest BCUT2D eigenvalue weighted by molar-refractivity contribution is 0.220. The van der Waals surface area contributed by atoms with Crippen molar-refractivity contribution in [2.24, 2.45) is 17.8 Å². The van der Waals surface area contributed by atoms with E-state index in [9.17, 15) is 0 Å². The van der Waals surface area contributed by atoms with Gasteiger partial charge in [-0.25, -0.2) is 0 Å². The van der Waals surface area contributed by atoms with Crippen LogP contribution in [0.15, 0.2) is 23.3 Å². The molecule has 0 heteroatoms. The van der Waals surface area contributed by atoms with E-state index in [-0.39, 0.29) is 0 Å². The maximum atomic E-state index is 2.47. The highest BCUT2D eigenvalue weighted by atomic mass is 14.4. The van der Waals surface area contributed by atoms with Crippen LogP contribution in [-0.2, 0) is 0 Å². The monoisotopic (exact) mass is 202 g/mol. The Labute approximate surface area is 93.5 Å². The fourth-order valence-electron chi connectivity index (χ4n) is 3.48. The van der Waals surface area contributed by atoms with Gasteiger partial charge in [-0.1, -0.05) is 49.5 Å². The van der Waals surface area contributed by atoms with Gasteiger partial charge in [0.2, 0.25) is 0 Å². The van der Waals surface area contributed by atoms with Crippen LogP contribution in [0.5, 0.6) is 0 Å². The molecule has 0 nitrogen and oxygen atoms in total. The highest BCUT2D eigenvalue weighted by Crippen LogP contribution is 2.50. The van der Waals surface area contributed by atoms with Crippen molar-refractivity contribution in [1.29, 1.82) is 0 Å². The molecule has 0 aromatic rings. The SMILES string of the molecule is CCC1=CC=C(CC2CCC2)C2CCC12. The first-order valence-corrected chi connectivity index (χ1v) is 6.78. The van der Waals surface area contributed by atoms with Crippen molar-refractivity contribution in [2.45, 2.75) is 51.9 Å². The Morgan fingerprint density at radius 3 is 2.20 bits per heavy atom. The van der Waals surface area contributed by atoms with Gasteiger partial charge in [-0.15, -0.1) is 0 Å². The average molecular weight is 202 g/mol. The van der Waals surface area contributed by atoms with Crippen molar-refractivity contribution in [3.63, 3.8) is 0 Å². The number of allylic oxidation sites excluding steroid dienone is 4. The summed E-state index contributed by atoms with van der Waals surface area (Å²) in [7, 11) is 0.